The fourth-order valence-electron chi connectivity index (χ4n) is 1.21. The van der Waals surface area contributed by atoms with E-state index in [-0.39, 0.29) is 11.2 Å². The lowest BCUT2D eigenvalue weighted by Crippen LogP contribution is -2.22. The molecule has 1 rings (SSSR count). The second kappa shape index (κ2) is 3.95. The molecule has 0 unspecified atom stereocenters. The van der Waals surface area contributed by atoms with Gasteiger partial charge in [0.25, 0.3) is 0 Å². The summed E-state index contributed by atoms with van der Waals surface area (Å²) in [5.41, 5.74) is 0.833. The van der Waals surface area contributed by atoms with Gasteiger partial charge in [0.2, 0.25) is 0 Å². The zero-order valence-electron chi connectivity index (χ0n) is 9.37. The maximum Gasteiger partial charge on any atom is 0.135 e. The maximum absolute atomic E-state index is 11.3. The summed E-state index contributed by atoms with van der Waals surface area (Å²) in [5, 5.41) is 4.28. The van der Waals surface area contributed by atoms with Gasteiger partial charge in [-0.3, -0.25) is 9.48 Å². The zero-order valence-corrected chi connectivity index (χ0v) is 9.37. The molecule has 3 heteroatoms. The first-order valence-corrected chi connectivity index (χ1v) is 4.91. The first kappa shape index (κ1) is 11.0. The summed E-state index contributed by atoms with van der Waals surface area (Å²) in [6, 6.07) is 2.00. The van der Waals surface area contributed by atoms with Crippen molar-refractivity contribution in [3.8, 4) is 0 Å². The molecule has 0 atom stereocenters. The van der Waals surface area contributed by atoms with E-state index in [1.807, 2.05) is 33.2 Å². The van der Waals surface area contributed by atoms with Crippen LogP contribution >= 0.6 is 0 Å². The van der Waals surface area contributed by atoms with Crippen LogP contribution in [0.4, 0.5) is 0 Å². The van der Waals surface area contributed by atoms with E-state index >= 15 is 0 Å². The SMILES string of the molecule is CC(=O)C(C)(C)CCc1ccn(C)n1. The van der Waals surface area contributed by atoms with Gasteiger partial charge in [-0.15, -0.1) is 0 Å². The average molecular weight is 194 g/mol. The second-order valence-corrected chi connectivity index (χ2v) is 4.42. The third-order valence-corrected chi connectivity index (χ3v) is 2.73. The molecule has 0 aliphatic heterocycles. The molecule has 0 fully saturated rings. The predicted molar refractivity (Wildman–Crippen MR) is 56.0 cm³/mol. The molecule has 14 heavy (non-hydrogen) atoms. The molecule has 0 saturated heterocycles. The molecule has 1 heterocycles. The largest absolute Gasteiger partial charge is 0.299 e. The monoisotopic (exact) mass is 194 g/mol. The van der Waals surface area contributed by atoms with Crippen LogP contribution in [0.25, 0.3) is 0 Å². The normalized spacial score (nSPS) is 11.7. The Labute approximate surface area is 85.1 Å². The molecular formula is C11H18N2O. The number of aryl methyl sites for hydroxylation is 2. The molecule has 0 aliphatic carbocycles. The number of rotatable bonds is 4. The third-order valence-electron chi connectivity index (χ3n) is 2.73. The van der Waals surface area contributed by atoms with Crippen molar-refractivity contribution in [1.82, 2.24) is 9.78 Å². The van der Waals surface area contributed by atoms with Crippen molar-refractivity contribution >= 4 is 5.78 Å². The smallest absolute Gasteiger partial charge is 0.135 e. The summed E-state index contributed by atoms with van der Waals surface area (Å²) in [6.45, 7) is 5.62. The number of aromatic nitrogens is 2. The number of Topliss-reactive ketones (excluding diaryl/α,β-unsaturated/α-hetero) is 1. The molecule has 3 nitrogen and oxygen atoms in total. The van der Waals surface area contributed by atoms with Crippen LogP contribution in [-0.4, -0.2) is 15.6 Å². The van der Waals surface area contributed by atoms with Crippen LogP contribution in [0.5, 0.6) is 0 Å². The Morgan fingerprint density at radius 1 is 1.57 bits per heavy atom. The summed E-state index contributed by atoms with van der Waals surface area (Å²) in [7, 11) is 1.90. The van der Waals surface area contributed by atoms with Crippen LogP contribution in [0.15, 0.2) is 12.3 Å². The van der Waals surface area contributed by atoms with Crippen LogP contribution < -0.4 is 0 Å². The number of hydrogen-bond acceptors (Lipinski definition) is 2. The van der Waals surface area contributed by atoms with Gasteiger partial charge in [0.05, 0.1) is 5.69 Å². The lowest BCUT2D eigenvalue weighted by Gasteiger charge is -2.19. The lowest BCUT2D eigenvalue weighted by molar-refractivity contribution is -0.125. The molecule has 1 aromatic heterocycles. The second-order valence-electron chi connectivity index (χ2n) is 4.42. The van der Waals surface area contributed by atoms with Crippen molar-refractivity contribution in [2.24, 2.45) is 12.5 Å². The van der Waals surface area contributed by atoms with Crippen molar-refractivity contribution in [1.29, 1.82) is 0 Å². The molecule has 0 bridgehead atoms. The minimum Gasteiger partial charge on any atom is -0.299 e. The first-order chi connectivity index (χ1) is 6.42. The molecule has 0 spiro atoms. The highest BCUT2D eigenvalue weighted by atomic mass is 16.1. The van der Waals surface area contributed by atoms with E-state index in [4.69, 9.17) is 0 Å². The Bertz CT molecular complexity index is 326. The first-order valence-electron chi connectivity index (χ1n) is 4.91. The van der Waals surface area contributed by atoms with Gasteiger partial charge in [-0.2, -0.15) is 5.10 Å². The van der Waals surface area contributed by atoms with Gasteiger partial charge in [0, 0.05) is 18.7 Å². The number of carbonyl (C=O) groups excluding carboxylic acids is 1. The number of nitrogens with zero attached hydrogens (tertiary/aromatic N) is 2. The predicted octanol–water partition coefficient (Wildman–Crippen LogP) is 1.97. The number of ketones is 1. The van der Waals surface area contributed by atoms with Gasteiger partial charge < -0.3 is 0 Å². The Kier molecular flexibility index (Phi) is 3.09. The Morgan fingerprint density at radius 3 is 2.64 bits per heavy atom. The van der Waals surface area contributed by atoms with Crippen molar-refractivity contribution in [2.45, 2.75) is 33.6 Å². The minimum atomic E-state index is -0.225. The molecule has 0 saturated carbocycles. The van der Waals surface area contributed by atoms with Gasteiger partial charge in [-0.1, -0.05) is 13.8 Å². The molecule has 78 valence electrons. The van der Waals surface area contributed by atoms with E-state index in [1.165, 1.54) is 0 Å². The van der Waals surface area contributed by atoms with Crippen molar-refractivity contribution in [3.63, 3.8) is 0 Å². The summed E-state index contributed by atoms with van der Waals surface area (Å²) in [4.78, 5) is 11.3. The van der Waals surface area contributed by atoms with E-state index in [0.717, 1.165) is 18.5 Å². The van der Waals surface area contributed by atoms with Crippen LogP contribution in [0, 0.1) is 5.41 Å². The van der Waals surface area contributed by atoms with Crippen molar-refractivity contribution < 1.29 is 4.79 Å². The van der Waals surface area contributed by atoms with E-state index in [2.05, 4.69) is 5.10 Å². The standard InChI is InChI=1S/C11H18N2O/c1-9(14)11(2,3)7-5-10-6-8-13(4)12-10/h6,8H,5,7H2,1-4H3. The summed E-state index contributed by atoms with van der Waals surface area (Å²) in [6.07, 6.45) is 3.66. The van der Waals surface area contributed by atoms with E-state index in [1.54, 1.807) is 11.6 Å². The molecule has 0 aromatic carbocycles. The quantitative estimate of drug-likeness (QED) is 0.734. The van der Waals surface area contributed by atoms with Crippen LogP contribution in [0.2, 0.25) is 0 Å². The van der Waals surface area contributed by atoms with Gasteiger partial charge in [-0.05, 0) is 25.8 Å². The van der Waals surface area contributed by atoms with E-state index < -0.39 is 0 Å². The van der Waals surface area contributed by atoms with Crippen LogP contribution in [0.1, 0.15) is 32.9 Å². The molecule has 0 N–H and O–H groups in total. The fourth-order valence-corrected chi connectivity index (χ4v) is 1.21. The highest BCUT2D eigenvalue weighted by Gasteiger charge is 2.23. The van der Waals surface area contributed by atoms with Crippen molar-refractivity contribution in [3.05, 3.63) is 18.0 Å². The molecule has 0 radical (unpaired) electrons. The zero-order chi connectivity index (χ0) is 10.8. The van der Waals surface area contributed by atoms with Gasteiger partial charge in [0.15, 0.2) is 0 Å². The average Bonchev–Trinajstić information content (AvgIpc) is 2.48. The Hall–Kier alpha value is -1.12. The van der Waals surface area contributed by atoms with Gasteiger partial charge in [-0.25, -0.2) is 0 Å². The van der Waals surface area contributed by atoms with Crippen LogP contribution in [-0.2, 0) is 18.3 Å². The lowest BCUT2D eigenvalue weighted by atomic mass is 9.83. The molecule has 0 amide bonds. The summed E-state index contributed by atoms with van der Waals surface area (Å²) >= 11 is 0. The fraction of sp³-hybridized carbons (Fsp3) is 0.636. The van der Waals surface area contributed by atoms with E-state index in [0.29, 0.717) is 0 Å². The van der Waals surface area contributed by atoms with Gasteiger partial charge >= 0.3 is 0 Å². The topological polar surface area (TPSA) is 34.9 Å². The third kappa shape index (κ3) is 2.69. The van der Waals surface area contributed by atoms with Crippen LogP contribution in [0.3, 0.4) is 0 Å². The number of hydrogen-bond donors (Lipinski definition) is 0. The molecular weight excluding hydrogens is 176 g/mol. The highest BCUT2D eigenvalue weighted by molar-refractivity contribution is 5.81. The molecule has 1 aromatic rings. The minimum absolute atomic E-state index is 0.225. The maximum atomic E-state index is 11.3. The van der Waals surface area contributed by atoms with E-state index in [9.17, 15) is 4.79 Å². The summed E-state index contributed by atoms with van der Waals surface area (Å²) < 4.78 is 1.79. The number of carbonyl (C=O) groups is 1. The summed E-state index contributed by atoms with van der Waals surface area (Å²) in [5.74, 6) is 0.244. The Balaban J connectivity index is 2.52. The van der Waals surface area contributed by atoms with Gasteiger partial charge in [0.1, 0.15) is 5.78 Å². The highest BCUT2D eigenvalue weighted by Crippen LogP contribution is 2.23. The van der Waals surface area contributed by atoms with Crippen molar-refractivity contribution in [2.75, 3.05) is 0 Å². The Morgan fingerprint density at radius 2 is 2.21 bits per heavy atom. The molecule has 0 aliphatic rings.